The fraction of sp³-hybridized carbons (Fsp3) is 0.188. The first-order valence-corrected chi connectivity index (χ1v) is 6.94. The highest BCUT2D eigenvalue weighted by atomic mass is 19.1. The predicted molar refractivity (Wildman–Crippen MR) is 78.9 cm³/mol. The summed E-state index contributed by atoms with van der Waals surface area (Å²) in [6.07, 6.45) is 1.95. The molecule has 0 bridgehead atoms. The van der Waals surface area contributed by atoms with Crippen LogP contribution in [-0.2, 0) is 4.79 Å². The van der Waals surface area contributed by atoms with Crippen LogP contribution in [0.1, 0.15) is 16.9 Å². The maximum atomic E-state index is 13.8. The van der Waals surface area contributed by atoms with Crippen molar-refractivity contribution in [3.63, 3.8) is 0 Å². The Bertz CT molecular complexity index is 706. The topological polar surface area (TPSA) is 62.3 Å². The van der Waals surface area contributed by atoms with E-state index in [-0.39, 0.29) is 17.3 Å². The van der Waals surface area contributed by atoms with Crippen molar-refractivity contribution < 1.29 is 14.0 Å². The van der Waals surface area contributed by atoms with Crippen LogP contribution in [0.5, 0.6) is 0 Å². The molecule has 2 aromatic rings. The van der Waals surface area contributed by atoms with Gasteiger partial charge < -0.3 is 10.2 Å². The van der Waals surface area contributed by atoms with Crippen molar-refractivity contribution >= 4 is 17.5 Å². The standard InChI is InChI=1S/C16H14FN3O2/c17-11-5-1-2-7-14(11)20-10-8-13(16(20)22)19-15(21)12-6-3-4-9-18-12/h1-7,9,13H,8,10H2,(H,19,21)/t13-/m0/s1. The Morgan fingerprint density at radius 2 is 2.00 bits per heavy atom. The van der Waals surface area contributed by atoms with Gasteiger partial charge in [0.05, 0.1) is 5.69 Å². The Morgan fingerprint density at radius 3 is 2.73 bits per heavy atom. The van der Waals surface area contributed by atoms with E-state index in [9.17, 15) is 14.0 Å². The zero-order valence-corrected chi connectivity index (χ0v) is 11.7. The van der Waals surface area contributed by atoms with E-state index in [2.05, 4.69) is 10.3 Å². The predicted octanol–water partition coefficient (Wildman–Crippen LogP) is 1.76. The maximum absolute atomic E-state index is 13.8. The van der Waals surface area contributed by atoms with Gasteiger partial charge in [0.25, 0.3) is 5.91 Å². The molecule has 3 rings (SSSR count). The summed E-state index contributed by atoms with van der Waals surface area (Å²) in [5.41, 5.74) is 0.488. The van der Waals surface area contributed by atoms with Gasteiger partial charge in [0, 0.05) is 12.7 Å². The lowest BCUT2D eigenvalue weighted by atomic mass is 10.2. The quantitative estimate of drug-likeness (QED) is 0.939. The second-order valence-electron chi connectivity index (χ2n) is 4.97. The van der Waals surface area contributed by atoms with E-state index in [4.69, 9.17) is 0 Å². The molecule has 2 amide bonds. The van der Waals surface area contributed by atoms with Crippen molar-refractivity contribution in [1.29, 1.82) is 0 Å². The van der Waals surface area contributed by atoms with E-state index >= 15 is 0 Å². The number of anilines is 1. The molecule has 1 aliphatic rings. The van der Waals surface area contributed by atoms with Gasteiger partial charge in [-0.1, -0.05) is 18.2 Å². The maximum Gasteiger partial charge on any atom is 0.270 e. The lowest BCUT2D eigenvalue weighted by Crippen LogP contribution is -2.42. The van der Waals surface area contributed by atoms with Crippen LogP contribution in [0, 0.1) is 5.82 Å². The van der Waals surface area contributed by atoms with Crippen LogP contribution in [0.15, 0.2) is 48.7 Å². The molecule has 112 valence electrons. The molecule has 0 radical (unpaired) electrons. The zero-order chi connectivity index (χ0) is 15.5. The summed E-state index contributed by atoms with van der Waals surface area (Å²) in [6, 6.07) is 10.4. The van der Waals surface area contributed by atoms with Crippen LogP contribution >= 0.6 is 0 Å². The number of pyridine rings is 1. The van der Waals surface area contributed by atoms with Crippen LogP contribution in [0.2, 0.25) is 0 Å². The highest BCUT2D eigenvalue weighted by Crippen LogP contribution is 2.24. The summed E-state index contributed by atoms with van der Waals surface area (Å²) in [7, 11) is 0. The summed E-state index contributed by atoms with van der Waals surface area (Å²) in [5, 5.41) is 2.65. The van der Waals surface area contributed by atoms with Gasteiger partial charge in [0.15, 0.2) is 0 Å². The number of benzene rings is 1. The average molecular weight is 299 g/mol. The monoisotopic (exact) mass is 299 g/mol. The van der Waals surface area contributed by atoms with Crippen LogP contribution in [0.3, 0.4) is 0 Å². The third-order valence-corrected chi connectivity index (χ3v) is 3.55. The number of para-hydroxylation sites is 1. The van der Waals surface area contributed by atoms with Gasteiger partial charge in [-0.15, -0.1) is 0 Å². The van der Waals surface area contributed by atoms with Gasteiger partial charge in [-0.2, -0.15) is 0 Å². The largest absolute Gasteiger partial charge is 0.339 e. The van der Waals surface area contributed by atoms with Crippen LogP contribution in [-0.4, -0.2) is 29.4 Å². The molecular weight excluding hydrogens is 285 g/mol. The zero-order valence-electron chi connectivity index (χ0n) is 11.7. The number of nitrogens with one attached hydrogen (secondary N) is 1. The van der Waals surface area contributed by atoms with E-state index in [1.165, 1.54) is 17.2 Å². The van der Waals surface area contributed by atoms with Crippen molar-refractivity contribution in [2.45, 2.75) is 12.5 Å². The summed E-state index contributed by atoms with van der Waals surface area (Å²) >= 11 is 0. The highest BCUT2D eigenvalue weighted by Gasteiger charge is 2.34. The van der Waals surface area contributed by atoms with Gasteiger partial charge >= 0.3 is 0 Å². The van der Waals surface area contributed by atoms with E-state index in [0.717, 1.165) is 0 Å². The SMILES string of the molecule is O=C(N[C@H]1CCN(c2ccccc2F)C1=O)c1ccccn1. The number of carbonyl (C=O) groups is 2. The van der Waals surface area contributed by atoms with Gasteiger partial charge in [-0.3, -0.25) is 14.6 Å². The summed E-state index contributed by atoms with van der Waals surface area (Å²) in [4.78, 5) is 29.7. The Balaban J connectivity index is 1.72. The molecule has 0 aliphatic carbocycles. The van der Waals surface area contributed by atoms with Crippen molar-refractivity contribution in [3.8, 4) is 0 Å². The number of hydrogen-bond acceptors (Lipinski definition) is 3. The molecule has 22 heavy (non-hydrogen) atoms. The number of halogens is 1. The molecule has 1 N–H and O–H groups in total. The van der Waals surface area contributed by atoms with Gasteiger partial charge in [-0.05, 0) is 30.7 Å². The number of nitrogens with zero attached hydrogens (tertiary/aromatic N) is 2. The third kappa shape index (κ3) is 2.67. The molecule has 1 saturated heterocycles. The van der Waals surface area contributed by atoms with E-state index in [1.807, 2.05) is 0 Å². The first-order chi connectivity index (χ1) is 10.7. The van der Waals surface area contributed by atoms with Crippen molar-refractivity contribution in [2.75, 3.05) is 11.4 Å². The fourth-order valence-electron chi connectivity index (χ4n) is 2.45. The molecule has 6 heteroatoms. The molecule has 2 heterocycles. The second kappa shape index (κ2) is 5.93. The lowest BCUT2D eigenvalue weighted by molar-refractivity contribution is -0.118. The Kier molecular flexibility index (Phi) is 3.82. The number of rotatable bonds is 3. The lowest BCUT2D eigenvalue weighted by Gasteiger charge is -2.17. The molecule has 5 nitrogen and oxygen atoms in total. The molecule has 1 atom stereocenters. The average Bonchev–Trinajstić information content (AvgIpc) is 2.90. The summed E-state index contributed by atoms with van der Waals surface area (Å²) in [5.74, 6) is -1.17. The molecule has 1 aromatic heterocycles. The molecule has 1 aromatic carbocycles. The highest BCUT2D eigenvalue weighted by molar-refractivity contribution is 6.03. The minimum atomic E-state index is -0.658. The number of aromatic nitrogens is 1. The number of amides is 2. The minimum absolute atomic E-state index is 0.238. The number of hydrogen-bond donors (Lipinski definition) is 1. The molecule has 0 spiro atoms. The molecule has 1 aliphatic heterocycles. The molecule has 0 saturated carbocycles. The fourth-order valence-corrected chi connectivity index (χ4v) is 2.45. The van der Waals surface area contributed by atoms with Crippen molar-refractivity contribution in [3.05, 3.63) is 60.2 Å². The van der Waals surface area contributed by atoms with E-state index < -0.39 is 17.8 Å². The van der Waals surface area contributed by atoms with Gasteiger partial charge in [-0.25, -0.2) is 4.39 Å². The third-order valence-electron chi connectivity index (χ3n) is 3.55. The first-order valence-electron chi connectivity index (χ1n) is 6.94. The van der Waals surface area contributed by atoms with Gasteiger partial charge in [0.1, 0.15) is 17.6 Å². The van der Waals surface area contributed by atoms with E-state index in [0.29, 0.717) is 13.0 Å². The molecular formula is C16H14FN3O2. The number of carbonyl (C=O) groups excluding carboxylic acids is 2. The Labute approximate surface area is 126 Å². The summed E-state index contributed by atoms with van der Waals surface area (Å²) < 4.78 is 13.8. The Hall–Kier alpha value is -2.76. The van der Waals surface area contributed by atoms with E-state index in [1.54, 1.807) is 36.4 Å². The van der Waals surface area contributed by atoms with Gasteiger partial charge in [0.2, 0.25) is 5.91 Å². The molecule has 1 fully saturated rings. The Morgan fingerprint density at radius 1 is 1.23 bits per heavy atom. The smallest absolute Gasteiger partial charge is 0.270 e. The van der Waals surface area contributed by atoms with Crippen molar-refractivity contribution in [1.82, 2.24) is 10.3 Å². The van der Waals surface area contributed by atoms with Crippen molar-refractivity contribution in [2.24, 2.45) is 0 Å². The summed E-state index contributed by atoms with van der Waals surface area (Å²) in [6.45, 7) is 0.368. The van der Waals surface area contributed by atoms with Crippen LogP contribution < -0.4 is 10.2 Å². The molecule has 0 unspecified atom stereocenters. The second-order valence-corrected chi connectivity index (χ2v) is 4.97. The van der Waals surface area contributed by atoms with Crippen LogP contribution in [0.4, 0.5) is 10.1 Å². The minimum Gasteiger partial charge on any atom is -0.339 e. The van der Waals surface area contributed by atoms with Crippen LogP contribution in [0.25, 0.3) is 0 Å². The first kappa shape index (κ1) is 14.2. The normalized spacial score (nSPS) is 17.6.